The molecule has 2 N–H and O–H groups in total. The first-order chi connectivity index (χ1) is 17.0. The van der Waals surface area contributed by atoms with Gasteiger partial charge in [-0.2, -0.15) is 0 Å². The van der Waals surface area contributed by atoms with Crippen molar-refractivity contribution in [1.29, 1.82) is 0 Å². The minimum absolute atomic E-state index is 0.0238. The van der Waals surface area contributed by atoms with E-state index < -0.39 is 5.91 Å². The zero-order valence-corrected chi connectivity index (χ0v) is 19.8. The number of nitrogens with zero attached hydrogens (tertiary/aromatic N) is 3. The number of carbonyl (C=O) groups excluding carboxylic acids is 1. The second-order valence-electron chi connectivity index (χ2n) is 8.93. The minimum atomic E-state index is -0.554. The van der Waals surface area contributed by atoms with E-state index >= 15 is 0 Å². The highest BCUT2D eigenvalue weighted by Gasteiger charge is 2.29. The molecule has 1 aliphatic rings. The largest absolute Gasteiger partial charge is 0.491 e. The lowest BCUT2D eigenvalue weighted by Crippen LogP contribution is -2.26. The monoisotopic (exact) mass is 472 g/mol. The molecule has 1 fully saturated rings. The number of nitrogens with two attached hydrogens (primary N) is 1. The van der Waals surface area contributed by atoms with E-state index in [1.165, 1.54) is 17.2 Å². The van der Waals surface area contributed by atoms with E-state index in [1.54, 1.807) is 31.7 Å². The van der Waals surface area contributed by atoms with Gasteiger partial charge in [-0.1, -0.05) is 30.3 Å². The third-order valence-electron chi connectivity index (χ3n) is 6.80. The summed E-state index contributed by atoms with van der Waals surface area (Å²) in [7, 11) is 3.13. The average Bonchev–Trinajstić information content (AvgIpc) is 3.30. The molecule has 0 spiro atoms. The Morgan fingerprint density at radius 2 is 1.89 bits per heavy atom. The normalized spacial score (nSPS) is 15.3. The van der Waals surface area contributed by atoms with Crippen LogP contribution in [0.25, 0.3) is 22.2 Å². The van der Waals surface area contributed by atoms with Crippen LogP contribution in [-0.2, 0) is 11.8 Å². The fourth-order valence-corrected chi connectivity index (χ4v) is 5.04. The summed E-state index contributed by atoms with van der Waals surface area (Å²) in [5.41, 5.74) is 9.93. The third-order valence-corrected chi connectivity index (χ3v) is 6.80. The van der Waals surface area contributed by atoms with Crippen LogP contribution in [0.3, 0.4) is 0 Å². The van der Waals surface area contributed by atoms with Gasteiger partial charge in [0.2, 0.25) is 0 Å². The lowest BCUT2D eigenvalue weighted by Gasteiger charge is -2.32. The first-order valence-electron chi connectivity index (χ1n) is 11.7. The molecule has 1 unspecified atom stereocenters. The second kappa shape index (κ2) is 9.38. The van der Waals surface area contributed by atoms with Gasteiger partial charge in [0.05, 0.1) is 30.6 Å². The molecule has 180 valence electrons. The van der Waals surface area contributed by atoms with Crippen LogP contribution in [0.1, 0.15) is 34.8 Å². The van der Waals surface area contributed by atoms with Gasteiger partial charge in [-0.25, -0.2) is 4.98 Å². The molecule has 1 saturated heterocycles. The number of carbonyl (C=O) groups is 1. The number of pyridine rings is 1. The summed E-state index contributed by atoms with van der Waals surface area (Å²) in [6.07, 6.45) is 5.39. The van der Waals surface area contributed by atoms with Crippen molar-refractivity contribution < 1.29 is 14.3 Å². The molecular formula is C27H28N4O4. The van der Waals surface area contributed by atoms with Gasteiger partial charge in [0.15, 0.2) is 5.75 Å². The fourth-order valence-electron chi connectivity index (χ4n) is 5.04. The van der Waals surface area contributed by atoms with Crippen molar-refractivity contribution in [2.45, 2.75) is 18.9 Å². The predicted molar refractivity (Wildman–Crippen MR) is 134 cm³/mol. The first-order valence-corrected chi connectivity index (χ1v) is 11.7. The van der Waals surface area contributed by atoms with E-state index in [0.717, 1.165) is 42.7 Å². The highest BCUT2D eigenvalue weighted by atomic mass is 16.5. The number of methoxy groups -OCH3 is 1. The van der Waals surface area contributed by atoms with Crippen molar-refractivity contribution in [3.63, 3.8) is 0 Å². The van der Waals surface area contributed by atoms with Crippen LogP contribution >= 0.6 is 0 Å². The number of hydrogen-bond acceptors (Lipinski definition) is 5. The number of aromatic nitrogens is 3. The number of amides is 1. The highest BCUT2D eigenvalue weighted by molar-refractivity contribution is 6.06. The Labute approximate surface area is 202 Å². The van der Waals surface area contributed by atoms with Crippen LogP contribution in [-0.4, -0.2) is 40.3 Å². The van der Waals surface area contributed by atoms with Crippen LogP contribution < -0.4 is 16.0 Å². The maximum Gasteiger partial charge on any atom is 0.292 e. The summed E-state index contributed by atoms with van der Waals surface area (Å²) in [5.74, 6) is 0.0201. The SMILES string of the molecule is COc1cc(-c2cc(C(N)=O)c3ncn(C(c4ccccc4)C4CCOCC4)c3c2)cn(C)c1=O. The molecule has 4 aromatic rings. The third kappa shape index (κ3) is 4.21. The molecule has 0 aliphatic carbocycles. The molecule has 0 saturated carbocycles. The summed E-state index contributed by atoms with van der Waals surface area (Å²) < 4.78 is 14.5. The van der Waals surface area contributed by atoms with Gasteiger partial charge in [-0.15, -0.1) is 0 Å². The minimum Gasteiger partial charge on any atom is -0.491 e. The second-order valence-corrected chi connectivity index (χ2v) is 8.93. The van der Waals surface area contributed by atoms with Crippen molar-refractivity contribution in [2.24, 2.45) is 18.7 Å². The van der Waals surface area contributed by atoms with E-state index in [2.05, 4.69) is 21.7 Å². The first kappa shape index (κ1) is 22.9. The summed E-state index contributed by atoms with van der Waals surface area (Å²) in [6, 6.07) is 15.8. The maximum absolute atomic E-state index is 12.5. The molecule has 2 aromatic heterocycles. The number of primary amides is 1. The van der Waals surface area contributed by atoms with Crippen LogP contribution in [0.4, 0.5) is 0 Å². The molecule has 0 radical (unpaired) electrons. The summed E-state index contributed by atoms with van der Waals surface area (Å²) >= 11 is 0. The Morgan fingerprint density at radius 1 is 1.14 bits per heavy atom. The van der Waals surface area contributed by atoms with Gasteiger partial charge in [0.25, 0.3) is 11.5 Å². The molecule has 0 bridgehead atoms. The molecule has 3 heterocycles. The van der Waals surface area contributed by atoms with Crippen LogP contribution in [0, 0.1) is 5.92 Å². The zero-order chi connectivity index (χ0) is 24.5. The molecular weight excluding hydrogens is 444 g/mol. The maximum atomic E-state index is 12.5. The summed E-state index contributed by atoms with van der Waals surface area (Å²) in [6.45, 7) is 1.44. The van der Waals surface area contributed by atoms with Gasteiger partial charge in [0.1, 0.15) is 5.52 Å². The van der Waals surface area contributed by atoms with E-state index in [0.29, 0.717) is 17.0 Å². The number of benzene rings is 2. The number of ether oxygens (including phenoxy) is 2. The van der Waals surface area contributed by atoms with E-state index in [9.17, 15) is 9.59 Å². The summed E-state index contributed by atoms with van der Waals surface area (Å²) in [4.78, 5) is 29.4. The van der Waals surface area contributed by atoms with Gasteiger partial charge in [0, 0.05) is 32.0 Å². The molecule has 1 aliphatic heterocycles. The number of hydrogen-bond donors (Lipinski definition) is 1. The molecule has 8 nitrogen and oxygen atoms in total. The molecule has 35 heavy (non-hydrogen) atoms. The molecule has 8 heteroatoms. The van der Waals surface area contributed by atoms with Crippen molar-refractivity contribution in [3.05, 3.63) is 82.5 Å². The smallest absolute Gasteiger partial charge is 0.292 e. The van der Waals surface area contributed by atoms with E-state index in [1.807, 2.05) is 24.3 Å². The average molecular weight is 473 g/mol. The Morgan fingerprint density at radius 3 is 2.57 bits per heavy atom. The Hall–Kier alpha value is -3.91. The molecule has 1 amide bonds. The fraction of sp³-hybridized carbons (Fsp3) is 0.296. The lowest BCUT2D eigenvalue weighted by molar-refractivity contribution is 0.0547. The standard InChI is InChI=1S/C27H28N4O4/c1-30-15-20(14-23(34-2)27(30)33)19-12-21(26(28)32)24-22(13-19)31(16-29-24)25(17-6-4-3-5-7-17)18-8-10-35-11-9-18/h3-7,12-16,18,25H,8-11H2,1-2H3,(H2,28,32). The van der Waals surface area contributed by atoms with Crippen molar-refractivity contribution in [2.75, 3.05) is 20.3 Å². The Bertz CT molecular complexity index is 1440. The van der Waals surface area contributed by atoms with E-state index in [-0.39, 0.29) is 17.4 Å². The van der Waals surface area contributed by atoms with Gasteiger partial charge in [-0.05, 0) is 48.1 Å². The molecule has 2 aromatic carbocycles. The topological polar surface area (TPSA) is 101 Å². The van der Waals surface area contributed by atoms with E-state index in [4.69, 9.17) is 15.2 Å². The number of rotatable bonds is 6. The molecule has 5 rings (SSSR count). The van der Waals surface area contributed by atoms with Crippen molar-refractivity contribution in [1.82, 2.24) is 14.1 Å². The van der Waals surface area contributed by atoms with Gasteiger partial charge >= 0.3 is 0 Å². The Balaban J connectivity index is 1.74. The number of fused-ring (bicyclic) bond motifs is 1. The number of imidazole rings is 1. The quantitative estimate of drug-likeness (QED) is 0.463. The zero-order valence-electron chi connectivity index (χ0n) is 19.8. The molecule has 1 atom stereocenters. The van der Waals surface area contributed by atoms with Crippen LogP contribution in [0.5, 0.6) is 5.75 Å². The van der Waals surface area contributed by atoms with Gasteiger partial charge < -0.3 is 24.3 Å². The van der Waals surface area contributed by atoms with Crippen LogP contribution in [0.2, 0.25) is 0 Å². The van der Waals surface area contributed by atoms with Gasteiger partial charge in [-0.3, -0.25) is 9.59 Å². The summed E-state index contributed by atoms with van der Waals surface area (Å²) in [5, 5.41) is 0. The van der Waals surface area contributed by atoms with Crippen molar-refractivity contribution >= 4 is 16.9 Å². The Kier molecular flexibility index (Phi) is 6.13. The predicted octanol–water partition coefficient (Wildman–Crippen LogP) is 3.53. The lowest BCUT2D eigenvalue weighted by atomic mass is 9.86. The van der Waals surface area contributed by atoms with Crippen molar-refractivity contribution in [3.8, 4) is 16.9 Å². The van der Waals surface area contributed by atoms with Crippen LogP contribution in [0.15, 0.2) is 65.8 Å². The number of aryl methyl sites for hydroxylation is 1. The highest BCUT2D eigenvalue weighted by Crippen LogP contribution is 2.37.